The Labute approximate surface area is 104 Å². The van der Waals surface area contributed by atoms with Gasteiger partial charge in [-0.25, -0.2) is 15.0 Å². The van der Waals surface area contributed by atoms with Gasteiger partial charge in [-0.15, -0.1) is 0 Å². The molecule has 0 saturated heterocycles. The predicted octanol–water partition coefficient (Wildman–Crippen LogP) is 0.136. The van der Waals surface area contributed by atoms with E-state index in [0.717, 1.165) is 12.8 Å². The van der Waals surface area contributed by atoms with Crippen LogP contribution in [0.3, 0.4) is 0 Å². The SMILES string of the molecule is CC(CCCn1cnc2c(N)ncnc21)C(O)O. The maximum Gasteiger partial charge on any atom is 0.165 e. The monoisotopic (exact) mass is 251 g/mol. The van der Waals surface area contributed by atoms with Crippen LogP contribution in [0.2, 0.25) is 0 Å². The number of aliphatic hydroxyl groups excluding tert-OH is 1. The molecule has 7 heteroatoms. The Morgan fingerprint density at radius 3 is 2.83 bits per heavy atom. The number of nitrogens with zero attached hydrogens (tertiary/aromatic N) is 4. The first-order valence-electron chi connectivity index (χ1n) is 5.87. The van der Waals surface area contributed by atoms with Crippen LogP contribution in [0.15, 0.2) is 12.7 Å². The third-order valence-corrected chi connectivity index (χ3v) is 3.00. The van der Waals surface area contributed by atoms with Crippen molar-refractivity contribution in [1.82, 2.24) is 19.5 Å². The number of aryl methyl sites for hydroxylation is 1. The van der Waals surface area contributed by atoms with Crippen LogP contribution in [-0.4, -0.2) is 36.0 Å². The van der Waals surface area contributed by atoms with Crippen molar-refractivity contribution in [2.24, 2.45) is 5.92 Å². The van der Waals surface area contributed by atoms with Crippen molar-refractivity contribution in [3.63, 3.8) is 0 Å². The molecule has 18 heavy (non-hydrogen) atoms. The van der Waals surface area contributed by atoms with Crippen molar-refractivity contribution < 1.29 is 10.2 Å². The van der Waals surface area contributed by atoms with Crippen LogP contribution in [0.1, 0.15) is 19.8 Å². The molecule has 2 aromatic heterocycles. The lowest BCUT2D eigenvalue weighted by Crippen LogP contribution is -2.16. The number of imidazole rings is 1. The number of nitrogen functional groups attached to an aromatic ring is 1. The Morgan fingerprint density at radius 2 is 2.11 bits per heavy atom. The van der Waals surface area contributed by atoms with E-state index in [1.165, 1.54) is 6.33 Å². The fourth-order valence-corrected chi connectivity index (χ4v) is 1.80. The van der Waals surface area contributed by atoms with Gasteiger partial charge >= 0.3 is 0 Å². The molecule has 0 bridgehead atoms. The molecule has 0 aliphatic rings. The molecule has 0 spiro atoms. The summed E-state index contributed by atoms with van der Waals surface area (Å²) in [6.07, 6.45) is 3.36. The summed E-state index contributed by atoms with van der Waals surface area (Å²) in [5, 5.41) is 18.0. The molecule has 0 amide bonds. The molecule has 0 aliphatic heterocycles. The largest absolute Gasteiger partial charge is 0.382 e. The number of rotatable bonds is 5. The molecule has 0 aromatic carbocycles. The van der Waals surface area contributed by atoms with Gasteiger partial charge in [-0.1, -0.05) is 6.92 Å². The zero-order valence-corrected chi connectivity index (χ0v) is 10.2. The number of fused-ring (bicyclic) bond motifs is 1. The summed E-state index contributed by atoms with van der Waals surface area (Å²) in [6.45, 7) is 2.51. The van der Waals surface area contributed by atoms with Crippen LogP contribution in [0.25, 0.3) is 11.2 Å². The van der Waals surface area contributed by atoms with Gasteiger partial charge in [0.05, 0.1) is 6.33 Å². The number of hydrogen-bond acceptors (Lipinski definition) is 6. The summed E-state index contributed by atoms with van der Waals surface area (Å²) in [5.41, 5.74) is 7.01. The standard InChI is InChI=1S/C11H17N5O2/c1-7(11(17)18)3-2-4-16-6-15-8-9(12)13-5-14-10(8)16/h5-7,11,17-18H,2-4H2,1H3,(H2,12,13,14). The van der Waals surface area contributed by atoms with Crippen LogP contribution in [0.5, 0.6) is 0 Å². The molecular formula is C11H17N5O2. The van der Waals surface area contributed by atoms with E-state index < -0.39 is 6.29 Å². The highest BCUT2D eigenvalue weighted by Crippen LogP contribution is 2.16. The van der Waals surface area contributed by atoms with Gasteiger partial charge in [-0.3, -0.25) is 0 Å². The summed E-state index contributed by atoms with van der Waals surface area (Å²) in [7, 11) is 0. The van der Waals surface area contributed by atoms with E-state index in [1.54, 1.807) is 13.3 Å². The fraction of sp³-hybridized carbons (Fsp3) is 0.545. The van der Waals surface area contributed by atoms with Gasteiger partial charge in [0.25, 0.3) is 0 Å². The van der Waals surface area contributed by atoms with Crippen LogP contribution < -0.4 is 5.73 Å². The van der Waals surface area contributed by atoms with E-state index in [-0.39, 0.29) is 5.92 Å². The van der Waals surface area contributed by atoms with E-state index in [4.69, 9.17) is 15.9 Å². The lowest BCUT2D eigenvalue weighted by atomic mass is 10.1. The maximum absolute atomic E-state index is 8.99. The Morgan fingerprint density at radius 1 is 1.33 bits per heavy atom. The number of nitrogens with two attached hydrogens (primary N) is 1. The van der Waals surface area contributed by atoms with E-state index in [2.05, 4.69) is 15.0 Å². The molecule has 0 aliphatic carbocycles. The van der Waals surface area contributed by atoms with Gasteiger partial charge in [0, 0.05) is 12.5 Å². The van der Waals surface area contributed by atoms with Gasteiger partial charge in [0.1, 0.15) is 11.8 Å². The van der Waals surface area contributed by atoms with Crippen molar-refractivity contribution in [3.8, 4) is 0 Å². The first kappa shape index (κ1) is 12.7. The lowest BCUT2D eigenvalue weighted by Gasteiger charge is -2.13. The van der Waals surface area contributed by atoms with Gasteiger partial charge in [0.2, 0.25) is 0 Å². The van der Waals surface area contributed by atoms with E-state index in [0.29, 0.717) is 23.5 Å². The van der Waals surface area contributed by atoms with Crippen LogP contribution in [0, 0.1) is 5.92 Å². The Bertz CT molecular complexity index is 525. The second kappa shape index (κ2) is 5.28. The minimum absolute atomic E-state index is 0.139. The first-order chi connectivity index (χ1) is 8.59. The van der Waals surface area contributed by atoms with Gasteiger partial charge in [-0.2, -0.15) is 0 Å². The summed E-state index contributed by atoms with van der Waals surface area (Å²) < 4.78 is 1.89. The summed E-state index contributed by atoms with van der Waals surface area (Å²) in [6, 6.07) is 0. The summed E-state index contributed by atoms with van der Waals surface area (Å²) in [5.74, 6) is 0.234. The second-order valence-corrected chi connectivity index (χ2v) is 4.40. The summed E-state index contributed by atoms with van der Waals surface area (Å²) >= 11 is 0. The molecule has 1 atom stereocenters. The zero-order valence-electron chi connectivity index (χ0n) is 10.2. The Hall–Kier alpha value is -1.73. The molecule has 4 N–H and O–H groups in total. The van der Waals surface area contributed by atoms with E-state index in [9.17, 15) is 0 Å². The highest BCUT2D eigenvalue weighted by atomic mass is 16.5. The molecule has 0 saturated carbocycles. The number of hydrogen-bond donors (Lipinski definition) is 3. The van der Waals surface area contributed by atoms with Gasteiger partial charge < -0.3 is 20.5 Å². The second-order valence-electron chi connectivity index (χ2n) is 4.40. The first-order valence-corrected chi connectivity index (χ1v) is 5.87. The van der Waals surface area contributed by atoms with Crippen molar-refractivity contribution in [2.45, 2.75) is 32.6 Å². The normalized spacial score (nSPS) is 13.3. The Balaban J connectivity index is 2.02. The topological polar surface area (TPSA) is 110 Å². The molecule has 98 valence electrons. The fourth-order valence-electron chi connectivity index (χ4n) is 1.80. The van der Waals surface area contributed by atoms with Crippen molar-refractivity contribution >= 4 is 17.0 Å². The van der Waals surface area contributed by atoms with Crippen LogP contribution in [-0.2, 0) is 6.54 Å². The van der Waals surface area contributed by atoms with E-state index in [1.807, 2.05) is 4.57 Å². The van der Waals surface area contributed by atoms with Crippen molar-refractivity contribution in [1.29, 1.82) is 0 Å². The third kappa shape index (κ3) is 2.57. The quantitative estimate of drug-likeness (QED) is 0.652. The number of aliphatic hydroxyl groups is 2. The average molecular weight is 251 g/mol. The maximum atomic E-state index is 8.99. The van der Waals surface area contributed by atoms with Crippen molar-refractivity contribution in [2.75, 3.05) is 5.73 Å². The van der Waals surface area contributed by atoms with Crippen molar-refractivity contribution in [3.05, 3.63) is 12.7 Å². The molecule has 0 radical (unpaired) electrons. The van der Waals surface area contributed by atoms with Gasteiger partial charge in [0.15, 0.2) is 17.8 Å². The Kier molecular flexibility index (Phi) is 3.73. The zero-order chi connectivity index (χ0) is 13.1. The lowest BCUT2D eigenvalue weighted by molar-refractivity contribution is -0.0808. The minimum Gasteiger partial charge on any atom is -0.382 e. The highest BCUT2D eigenvalue weighted by Gasteiger charge is 2.11. The number of anilines is 1. The average Bonchev–Trinajstić information content (AvgIpc) is 2.74. The summed E-state index contributed by atoms with van der Waals surface area (Å²) in [4.78, 5) is 12.2. The molecule has 7 nitrogen and oxygen atoms in total. The predicted molar refractivity (Wildman–Crippen MR) is 66.4 cm³/mol. The molecular weight excluding hydrogens is 234 g/mol. The van der Waals surface area contributed by atoms with Crippen LogP contribution in [0.4, 0.5) is 5.82 Å². The minimum atomic E-state index is -1.26. The smallest absolute Gasteiger partial charge is 0.165 e. The number of aromatic nitrogens is 4. The van der Waals surface area contributed by atoms with Crippen LogP contribution >= 0.6 is 0 Å². The molecule has 1 unspecified atom stereocenters. The molecule has 2 rings (SSSR count). The van der Waals surface area contributed by atoms with Gasteiger partial charge in [-0.05, 0) is 12.8 Å². The molecule has 2 heterocycles. The van der Waals surface area contributed by atoms with E-state index >= 15 is 0 Å². The third-order valence-electron chi connectivity index (χ3n) is 3.00. The highest BCUT2D eigenvalue weighted by molar-refractivity contribution is 5.80. The molecule has 2 aromatic rings. The molecule has 0 fully saturated rings.